The van der Waals surface area contributed by atoms with Gasteiger partial charge >= 0.3 is 0 Å². The Balaban J connectivity index is 3.16. The lowest BCUT2D eigenvalue weighted by Gasteiger charge is -2.11. The van der Waals surface area contributed by atoms with Crippen LogP contribution in [-0.2, 0) is 0 Å². The van der Waals surface area contributed by atoms with E-state index < -0.39 is 0 Å². The number of nitrogens with one attached hydrogen (secondary N) is 1. The Morgan fingerprint density at radius 1 is 2.00 bits per heavy atom. The monoisotopic (exact) mass is 119 g/mol. The normalized spacial score (nSPS) is 8.29. The van der Waals surface area contributed by atoms with E-state index in [0.717, 1.165) is 6.54 Å². The van der Waals surface area contributed by atoms with Crippen molar-refractivity contribution in [3.05, 3.63) is 0 Å². The molecule has 0 amide bonds. The van der Waals surface area contributed by atoms with Crippen molar-refractivity contribution in [1.29, 1.82) is 0 Å². The van der Waals surface area contributed by atoms with Gasteiger partial charge in [0.2, 0.25) is 0 Å². The highest BCUT2D eigenvalue weighted by Gasteiger charge is 1.83. The predicted molar refractivity (Wildman–Crippen MR) is 33.4 cm³/mol. The van der Waals surface area contributed by atoms with Crippen LogP contribution in [0.15, 0.2) is 0 Å². The average molecular weight is 119 g/mol. The van der Waals surface area contributed by atoms with Crippen LogP contribution in [0.1, 0.15) is 6.92 Å². The lowest BCUT2D eigenvalue weighted by molar-refractivity contribution is 0.344. The van der Waals surface area contributed by atoms with Crippen LogP contribution in [0.2, 0.25) is 0 Å². The van der Waals surface area contributed by atoms with Gasteiger partial charge in [0.05, 0.1) is 5.49 Å². The van der Waals surface area contributed by atoms with Crippen molar-refractivity contribution >= 4 is 17.7 Å². The maximum atomic E-state index is 4.97. The second-order valence-corrected chi connectivity index (χ2v) is 1.23. The van der Waals surface area contributed by atoms with Gasteiger partial charge in [-0.05, 0) is 6.92 Å². The minimum atomic E-state index is 0.792. The summed E-state index contributed by atoms with van der Waals surface area (Å²) in [7, 11) is 0. The lowest BCUT2D eigenvalue weighted by Crippen LogP contribution is -2.40. The molecule has 0 aromatic heterocycles. The van der Waals surface area contributed by atoms with Crippen molar-refractivity contribution in [1.82, 2.24) is 10.5 Å². The molecule has 0 aromatic rings. The van der Waals surface area contributed by atoms with E-state index in [9.17, 15) is 0 Å². The zero-order valence-electron chi connectivity index (χ0n) is 4.22. The first-order valence-corrected chi connectivity index (χ1v) is 2.50. The molecule has 0 aromatic carbocycles. The molecule has 0 atom stereocenters. The summed E-state index contributed by atoms with van der Waals surface area (Å²) in [5.41, 5.74) is 3.83. The molecule has 0 radical (unpaired) electrons. The minimum absolute atomic E-state index is 0.792. The highest BCUT2D eigenvalue weighted by molar-refractivity contribution is 7.78. The van der Waals surface area contributed by atoms with Crippen molar-refractivity contribution in [2.45, 2.75) is 6.92 Å². The van der Waals surface area contributed by atoms with Crippen LogP contribution in [0, 0.1) is 0 Å². The molecule has 0 saturated carbocycles. The molecule has 0 spiro atoms. The third-order valence-electron chi connectivity index (χ3n) is 0.634. The molecule has 42 valence electrons. The van der Waals surface area contributed by atoms with Crippen LogP contribution in [-0.4, -0.2) is 17.0 Å². The fraction of sp³-hybridized carbons (Fsp3) is 0.667. The van der Waals surface area contributed by atoms with Gasteiger partial charge in [0.15, 0.2) is 0 Å². The van der Waals surface area contributed by atoms with Gasteiger partial charge < -0.3 is 0 Å². The highest BCUT2D eigenvalue weighted by atomic mass is 32.1. The smallest absolute Gasteiger partial charge is 0.0801 e. The molecule has 3 N–H and O–H groups in total. The first-order valence-electron chi connectivity index (χ1n) is 2.03. The van der Waals surface area contributed by atoms with Gasteiger partial charge in [0, 0.05) is 6.54 Å². The highest BCUT2D eigenvalue weighted by Crippen LogP contribution is 1.68. The first kappa shape index (κ1) is 6.81. The summed E-state index contributed by atoms with van der Waals surface area (Å²) in [6, 6.07) is 0. The summed E-state index contributed by atoms with van der Waals surface area (Å²) in [5.74, 6) is 4.97. The zero-order chi connectivity index (χ0) is 5.70. The maximum absolute atomic E-state index is 4.97. The van der Waals surface area contributed by atoms with Gasteiger partial charge in [-0.1, -0.05) is 12.2 Å². The van der Waals surface area contributed by atoms with Gasteiger partial charge in [0.25, 0.3) is 0 Å². The number of nitrogens with two attached hydrogens (primary N) is 1. The predicted octanol–water partition coefficient (Wildman–Crippen LogP) is -0.356. The summed E-state index contributed by atoms with van der Waals surface area (Å²) in [6.07, 6.45) is 0. The van der Waals surface area contributed by atoms with Gasteiger partial charge in [-0.3, -0.25) is 10.9 Å². The second-order valence-electron chi connectivity index (χ2n) is 1.02. The fourth-order valence-electron chi connectivity index (χ4n) is 0.196. The molecule has 0 aliphatic carbocycles. The van der Waals surface area contributed by atoms with Crippen molar-refractivity contribution in [2.24, 2.45) is 5.84 Å². The Morgan fingerprint density at radius 3 is 2.57 bits per heavy atom. The average Bonchev–Trinajstić information content (AvgIpc) is 1.72. The molecule has 0 bridgehead atoms. The molecule has 7 heavy (non-hydrogen) atoms. The number of rotatable bonds is 3. The van der Waals surface area contributed by atoms with Crippen LogP contribution in [0.5, 0.6) is 0 Å². The second kappa shape index (κ2) is 3.98. The Bertz CT molecular complexity index is 52.1. The number of nitrogens with zero attached hydrogens (tertiary/aromatic N) is 1. The molecular weight excluding hydrogens is 110 g/mol. The van der Waals surface area contributed by atoms with Crippen molar-refractivity contribution in [3.8, 4) is 0 Å². The third kappa shape index (κ3) is 2.50. The molecule has 0 aliphatic heterocycles. The first-order chi connectivity index (χ1) is 3.35. The molecule has 4 heteroatoms. The van der Waals surface area contributed by atoms with E-state index in [1.165, 1.54) is 5.49 Å². The summed E-state index contributed by atoms with van der Waals surface area (Å²) in [6.45, 7) is 2.74. The van der Waals surface area contributed by atoms with E-state index in [1.807, 2.05) is 6.92 Å². The van der Waals surface area contributed by atoms with Gasteiger partial charge in [0.1, 0.15) is 0 Å². The van der Waals surface area contributed by atoms with Crippen molar-refractivity contribution < 1.29 is 0 Å². The van der Waals surface area contributed by atoms with E-state index in [0.29, 0.717) is 0 Å². The van der Waals surface area contributed by atoms with Gasteiger partial charge in [-0.2, -0.15) is 5.53 Å². The van der Waals surface area contributed by atoms with Gasteiger partial charge in [-0.25, -0.2) is 0 Å². The Hall–Kier alpha value is -0.190. The molecule has 0 aliphatic rings. The van der Waals surface area contributed by atoms with E-state index in [4.69, 9.17) is 5.84 Å². The molecule has 3 nitrogen and oxygen atoms in total. The van der Waals surface area contributed by atoms with Crippen LogP contribution >= 0.6 is 12.2 Å². The van der Waals surface area contributed by atoms with Crippen LogP contribution in [0.3, 0.4) is 0 Å². The summed E-state index contributed by atoms with van der Waals surface area (Å²) in [5, 5.41) is 1.59. The molecule has 0 heterocycles. The van der Waals surface area contributed by atoms with E-state index in [1.54, 1.807) is 5.01 Å². The number of hydrogen-bond acceptors (Lipinski definition) is 3. The molecule has 0 rings (SSSR count). The minimum Gasteiger partial charge on any atom is -0.292 e. The summed E-state index contributed by atoms with van der Waals surface area (Å²) >= 11 is 4.53. The Kier molecular flexibility index (Phi) is 3.87. The molecule has 0 unspecified atom stereocenters. The largest absolute Gasteiger partial charge is 0.292 e. The fourth-order valence-corrected chi connectivity index (χ4v) is 0.406. The standard InChI is InChI=1S/C3H9N3S/c1-2-6(3-7)5-4/h3,5H,2,4H2,1H3. The topological polar surface area (TPSA) is 41.3 Å². The van der Waals surface area contributed by atoms with E-state index in [-0.39, 0.29) is 0 Å². The Labute approximate surface area is 48.4 Å². The van der Waals surface area contributed by atoms with Crippen molar-refractivity contribution in [2.75, 3.05) is 6.54 Å². The van der Waals surface area contributed by atoms with Crippen molar-refractivity contribution in [3.63, 3.8) is 0 Å². The number of hydrogen-bond donors (Lipinski definition) is 2. The number of hydrazine groups is 2. The van der Waals surface area contributed by atoms with Crippen LogP contribution < -0.4 is 11.4 Å². The molecule has 0 saturated heterocycles. The van der Waals surface area contributed by atoms with E-state index in [2.05, 4.69) is 17.8 Å². The number of thiocarbonyl (C=S) groups is 1. The Morgan fingerprint density at radius 2 is 2.57 bits per heavy atom. The lowest BCUT2D eigenvalue weighted by atomic mass is 10.7. The van der Waals surface area contributed by atoms with Crippen LogP contribution in [0.25, 0.3) is 0 Å². The molecular formula is C3H9N3S. The summed E-state index contributed by atoms with van der Waals surface area (Å²) < 4.78 is 0. The quantitative estimate of drug-likeness (QED) is 0.302. The summed E-state index contributed by atoms with van der Waals surface area (Å²) in [4.78, 5) is 0. The zero-order valence-corrected chi connectivity index (χ0v) is 5.03. The third-order valence-corrected chi connectivity index (χ3v) is 0.888. The van der Waals surface area contributed by atoms with Crippen LogP contribution in [0.4, 0.5) is 0 Å². The molecule has 0 fully saturated rings. The van der Waals surface area contributed by atoms with E-state index >= 15 is 0 Å². The maximum Gasteiger partial charge on any atom is 0.0801 e. The SMILES string of the molecule is CCN(C=S)NN. The van der Waals surface area contributed by atoms with Gasteiger partial charge in [-0.15, -0.1) is 0 Å².